The zero-order valence-electron chi connectivity index (χ0n) is 10.7. The summed E-state index contributed by atoms with van der Waals surface area (Å²) in [7, 11) is 1.52. The van der Waals surface area contributed by atoms with Crippen molar-refractivity contribution in [3.63, 3.8) is 0 Å². The van der Waals surface area contributed by atoms with E-state index in [1.807, 2.05) is 0 Å². The summed E-state index contributed by atoms with van der Waals surface area (Å²) in [5.41, 5.74) is -0.326. The number of furan rings is 1. The molecule has 100 valence electrons. The Morgan fingerprint density at radius 1 is 1.37 bits per heavy atom. The summed E-state index contributed by atoms with van der Waals surface area (Å²) >= 11 is 0. The van der Waals surface area contributed by atoms with Crippen molar-refractivity contribution in [3.8, 4) is 5.75 Å². The molecule has 0 radical (unpaired) electrons. The summed E-state index contributed by atoms with van der Waals surface area (Å²) in [6.07, 6.45) is 0. The Balaban J connectivity index is 2.19. The molecule has 0 bridgehead atoms. The molecule has 1 amide bonds. The first kappa shape index (κ1) is 13.1. The van der Waals surface area contributed by atoms with Gasteiger partial charge in [0.1, 0.15) is 28.7 Å². The van der Waals surface area contributed by atoms with Gasteiger partial charge in [0.15, 0.2) is 0 Å². The highest BCUT2D eigenvalue weighted by molar-refractivity contribution is 5.96. The van der Waals surface area contributed by atoms with Crippen molar-refractivity contribution >= 4 is 5.91 Å². The molecule has 0 aliphatic carbocycles. The number of rotatable bonds is 3. The fraction of sp³-hybridized carbons (Fsp3) is 0.214. The molecule has 1 aromatic carbocycles. The summed E-state index contributed by atoms with van der Waals surface area (Å²) in [5.74, 6) is -0.363. The third-order valence-electron chi connectivity index (χ3n) is 2.74. The number of carbonyl (C=O) groups is 1. The highest BCUT2D eigenvalue weighted by Crippen LogP contribution is 2.22. The van der Waals surface area contributed by atoms with Gasteiger partial charge in [-0.1, -0.05) is 6.07 Å². The summed E-state index contributed by atoms with van der Waals surface area (Å²) in [6, 6.07) is 7.30. The molecule has 0 saturated carbocycles. The van der Waals surface area contributed by atoms with Crippen LogP contribution in [0, 0.1) is 12.7 Å². The van der Waals surface area contributed by atoms with E-state index >= 15 is 0 Å². The molecule has 0 fully saturated rings. The second-order valence-electron chi connectivity index (χ2n) is 4.31. The van der Waals surface area contributed by atoms with Gasteiger partial charge < -0.3 is 14.4 Å². The van der Waals surface area contributed by atoms with Gasteiger partial charge in [0.2, 0.25) is 0 Å². The molecule has 1 heterocycles. The van der Waals surface area contributed by atoms with Crippen LogP contribution in [0.2, 0.25) is 0 Å². The van der Waals surface area contributed by atoms with Crippen LogP contribution in [0.25, 0.3) is 0 Å². The smallest absolute Gasteiger partial charge is 0.260 e. The third kappa shape index (κ3) is 2.76. The minimum absolute atomic E-state index is 0.209. The predicted molar refractivity (Wildman–Crippen MR) is 67.3 cm³/mol. The molecule has 0 spiro atoms. The molecule has 19 heavy (non-hydrogen) atoms. The number of hydrogen-bond donors (Lipinski definition) is 1. The topological polar surface area (TPSA) is 53.7 Å². The minimum atomic E-state index is -0.743. The summed E-state index contributed by atoms with van der Waals surface area (Å²) in [6.45, 7) is 2.01. The Morgan fingerprint density at radius 2 is 2.11 bits per heavy atom. The van der Waals surface area contributed by atoms with Crippen molar-refractivity contribution in [1.82, 2.24) is 4.90 Å². The molecule has 2 aromatic rings. The van der Waals surface area contributed by atoms with E-state index in [-0.39, 0.29) is 17.9 Å². The van der Waals surface area contributed by atoms with E-state index in [4.69, 9.17) is 4.42 Å². The molecule has 5 heteroatoms. The molecule has 0 saturated heterocycles. The SMILES string of the molecule is Cc1ccc(CN(C)C(=O)c2c(O)cccc2F)o1. The van der Waals surface area contributed by atoms with Gasteiger partial charge in [0.05, 0.1) is 6.54 Å². The maximum absolute atomic E-state index is 13.6. The van der Waals surface area contributed by atoms with Crippen molar-refractivity contribution in [2.45, 2.75) is 13.5 Å². The molecule has 2 rings (SSSR count). The van der Waals surface area contributed by atoms with Crippen molar-refractivity contribution in [1.29, 1.82) is 0 Å². The van der Waals surface area contributed by atoms with E-state index < -0.39 is 11.7 Å². The normalized spacial score (nSPS) is 10.5. The maximum atomic E-state index is 13.6. The standard InChI is InChI=1S/C14H14FNO3/c1-9-6-7-10(19-9)8-16(2)14(18)13-11(15)4-3-5-12(13)17/h3-7,17H,8H2,1-2H3. The third-order valence-corrected chi connectivity index (χ3v) is 2.74. The van der Waals surface area contributed by atoms with E-state index in [1.54, 1.807) is 19.1 Å². The summed E-state index contributed by atoms with van der Waals surface area (Å²) in [5, 5.41) is 9.57. The van der Waals surface area contributed by atoms with E-state index in [2.05, 4.69) is 0 Å². The van der Waals surface area contributed by atoms with Crippen LogP contribution in [0.1, 0.15) is 21.9 Å². The molecule has 0 atom stereocenters. The Labute approximate surface area is 110 Å². The second-order valence-corrected chi connectivity index (χ2v) is 4.31. The molecular weight excluding hydrogens is 249 g/mol. The van der Waals surface area contributed by atoms with Gasteiger partial charge in [-0.2, -0.15) is 0 Å². The minimum Gasteiger partial charge on any atom is -0.507 e. The van der Waals surface area contributed by atoms with Crippen molar-refractivity contribution < 1.29 is 18.7 Å². The van der Waals surface area contributed by atoms with Crippen LogP contribution in [0.15, 0.2) is 34.7 Å². The monoisotopic (exact) mass is 263 g/mol. The van der Waals surface area contributed by atoms with Crippen LogP contribution >= 0.6 is 0 Å². The molecule has 0 aliphatic heterocycles. The quantitative estimate of drug-likeness (QED) is 0.926. The van der Waals surface area contributed by atoms with Gasteiger partial charge in [-0.15, -0.1) is 0 Å². The first-order valence-corrected chi connectivity index (χ1v) is 5.77. The highest BCUT2D eigenvalue weighted by Gasteiger charge is 2.20. The molecule has 1 aromatic heterocycles. The zero-order chi connectivity index (χ0) is 14.0. The average molecular weight is 263 g/mol. The maximum Gasteiger partial charge on any atom is 0.260 e. The van der Waals surface area contributed by atoms with E-state index in [9.17, 15) is 14.3 Å². The average Bonchev–Trinajstić information content (AvgIpc) is 2.74. The molecular formula is C14H14FNO3. The number of halogens is 1. The fourth-order valence-electron chi connectivity index (χ4n) is 1.79. The van der Waals surface area contributed by atoms with Crippen molar-refractivity contribution in [2.75, 3.05) is 7.05 Å². The number of aryl methyl sites for hydroxylation is 1. The second kappa shape index (κ2) is 5.14. The first-order valence-electron chi connectivity index (χ1n) is 5.77. The molecule has 0 aliphatic rings. The zero-order valence-corrected chi connectivity index (χ0v) is 10.7. The van der Waals surface area contributed by atoms with Gasteiger partial charge in [-0.05, 0) is 31.2 Å². The highest BCUT2D eigenvalue weighted by atomic mass is 19.1. The van der Waals surface area contributed by atoms with E-state index in [0.717, 1.165) is 11.8 Å². The number of hydrogen-bond acceptors (Lipinski definition) is 3. The summed E-state index contributed by atoms with van der Waals surface area (Å²) < 4.78 is 18.9. The van der Waals surface area contributed by atoms with E-state index in [0.29, 0.717) is 5.76 Å². The molecule has 1 N–H and O–H groups in total. The Morgan fingerprint density at radius 3 is 2.68 bits per heavy atom. The van der Waals surface area contributed by atoms with Crippen LogP contribution in [0.4, 0.5) is 4.39 Å². The number of aromatic hydroxyl groups is 1. The van der Waals surface area contributed by atoms with Crippen LogP contribution < -0.4 is 0 Å². The lowest BCUT2D eigenvalue weighted by atomic mass is 10.1. The summed E-state index contributed by atoms with van der Waals surface area (Å²) in [4.78, 5) is 13.4. The van der Waals surface area contributed by atoms with Crippen molar-refractivity contribution in [3.05, 3.63) is 53.2 Å². The Kier molecular flexibility index (Phi) is 3.55. The van der Waals surface area contributed by atoms with E-state index in [1.165, 1.54) is 24.1 Å². The number of phenolic OH excluding ortho intramolecular Hbond substituents is 1. The molecule has 0 unspecified atom stereocenters. The van der Waals surface area contributed by atoms with Crippen LogP contribution in [0.3, 0.4) is 0 Å². The number of amides is 1. The fourth-order valence-corrected chi connectivity index (χ4v) is 1.79. The first-order chi connectivity index (χ1) is 8.99. The lowest BCUT2D eigenvalue weighted by molar-refractivity contribution is 0.0767. The number of phenols is 1. The lowest BCUT2D eigenvalue weighted by Gasteiger charge is -2.16. The van der Waals surface area contributed by atoms with Gasteiger partial charge in [0.25, 0.3) is 5.91 Å². The van der Waals surface area contributed by atoms with Crippen LogP contribution in [0.5, 0.6) is 5.75 Å². The van der Waals surface area contributed by atoms with Gasteiger partial charge in [0, 0.05) is 7.05 Å². The molecule has 4 nitrogen and oxygen atoms in total. The van der Waals surface area contributed by atoms with Crippen LogP contribution in [-0.2, 0) is 6.54 Å². The van der Waals surface area contributed by atoms with Gasteiger partial charge in [-0.3, -0.25) is 4.79 Å². The van der Waals surface area contributed by atoms with Crippen LogP contribution in [-0.4, -0.2) is 23.0 Å². The number of nitrogens with zero attached hydrogens (tertiary/aromatic N) is 1. The lowest BCUT2D eigenvalue weighted by Crippen LogP contribution is -2.27. The van der Waals surface area contributed by atoms with Gasteiger partial charge >= 0.3 is 0 Å². The Hall–Kier alpha value is -2.30. The largest absolute Gasteiger partial charge is 0.507 e. The Bertz CT molecular complexity index is 586. The van der Waals surface area contributed by atoms with Gasteiger partial charge in [-0.25, -0.2) is 4.39 Å². The van der Waals surface area contributed by atoms with Crippen molar-refractivity contribution in [2.24, 2.45) is 0 Å². The predicted octanol–water partition coefficient (Wildman–Crippen LogP) is 2.70. The number of benzene rings is 1. The number of carbonyl (C=O) groups excluding carboxylic acids is 1.